The number of anilines is 1. The third-order valence-electron chi connectivity index (χ3n) is 5.18. The molecular formula is C25H26N4O3. The minimum Gasteiger partial charge on any atom is -0.469 e. The van der Waals surface area contributed by atoms with E-state index in [0.29, 0.717) is 12.0 Å². The summed E-state index contributed by atoms with van der Waals surface area (Å²) in [5.74, 6) is 1.51. The number of furan rings is 1. The second-order valence-electron chi connectivity index (χ2n) is 7.95. The van der Waals surface area contributed by atoms with E-state index >= 15 is 0 Å². The average Bonchev–Trinajstić information content (AvgIpc) is 3.41. The van der Waals surface area contributed by atoms with Crippen molar-refractivity contribution < 1.29 is 14.0 Å². The van der Waals surface area contributed by atoms with Gasteiger partial charge in [-0.05, 0) is 61.4 Å². The van der Waals surface area contributed by atoms with Gasteiger partial charge in [-0.1, -0.05) is 12.1 Å². The minimum absolute atomic E-state index is 0.0429. The van der Waals surface area contributed by atoms with Crippen LogP contribution in [-0.2, 0) is 24.1 Å². The van der Waals surface area contributed by atoms with Crippen LogP contribution in [0.4, 0.5) is 5.69 Å². The van der Waals surface area contributed by atoms with Gasteiger partial charge in [0.25, 0.3) is 5.91 Å². The van der Waals surface area contributed by atoms with Crippen LogP contribution in [0.3, 0.4) is 0 Å². The van der Waals surface area contributed by atoms with E-state index in [0.717, 1.165) is 46.7 Å². The molecule has 3 N–H and O–H groups in total. The van der Waals surface area contributed by atoms with Gasteiger partial charge in [0, 0.05) is 37.1 Å². The van der Waals surface area contributed by atoms with Gasteiger partial charge in [0.15, 0.2) is 0 Å². The van der Waals surface area contributed by atoms with Crippen molar-refractivity contribution in [3.63, 3.8) is 0 Å². The van der Waals surface area contributed by atoms with E-state index in [1.54, 1.807) is 12.3 Å². The summed E-state index contributed by atoms with van der Waals surface area (Å²) in [6.07, 6.45) is 3.84. The summed E-state index contributed by atoms with van der Waals surface area (Å²) in [4.78, 5) is 31.7. The Hall–Kier alpha value is -3.87. The highest BCUT2D eigenvalue weighted by Gasteiger charge is 2.13. The second-order valence-corrected chi connectivity index (χ2v) is 7.95. The van der Waals surface area contributed by atoms with E-state index in [-0.39, 0.29) is 17.9 Å². The first-order chi connectivity index (χ1) is 15.5. The lowest BCUT2D eigenvalue weighted by Gasteiger charge is -2.12. The van der Waals surface area contributed by atoms with Crippen LogP contribution in [0.2, 0.25) is 0 Å². The lowest BCUT2D eigenvalue weighted by molar-refractivity contribution is -0.114. The molecule has 164 valence electrons. The highest BCUT2D eigenvalue weighted by atomic mass is 16.3. The van der Waals surface area contributed by atoms with Gasteiger partial charge in [-0.25, -0.2) is 4.98 Å². The number of aromatic amines is 1. The van der Waals surface area contributed by atoms with Crippen molar-refractivity contribution >= 4 is 28.5 Å². The highest BCUT2D eigenvalue weighted by Crippen LogP contribution is 2.17. The Bertz CT molecular complexity index is 1210. The van der Waals surface area contributed by atoms with E-state index in [9.17, 15) is 9.59 Å². The number of hydrogen-bond donors (Lipinski definition) is 3. The van der Waals surface area contributed by atoms with Crippen molar-refractivity contribution in [2.75, 3.05) is 5.32 Å². The summed E-state index contributed by atoms with van der Waals surface area (Å²) >= 11 is 0. The number of carbonyl (C=O) groups is 2. The number of benzene rings is 2. The number of aromatic nitrogens is 2. The summed E-state index contributed by atoms with van der Waals surface area (Å²) in [7, 11) is 0. The van der Waals surface area contributed by atoms with Crippen LogP contribution in [-0.4, -0.2) is 27.8 Å². The molecule has 0 radical (unpaired) electrons. The van der Waals surface area contributed by atoms with Crippen LogP contribution in [0.15, 0.2) is 65.3 Å². The predicted molar refractivity (Wildman–Crippen MR) is 124 cm³/mol. The molecule has 4 rings (SSSR count). The Labute approximate surface area is 186 Å². The van der Waals surface area contributed by atoms with E-state index < -0.39 is 0 Å². The SMILES string of the molecule is CC(=O)Nc1ccc(CCc2nc3ccc(C(=O)N[C@H](C)Cc4ccco4)cc3[nH]2)cc1. The average molecular weight is 431 g/mol. The molecule has 0 aliphatic rings. The Morgan fingerprint density at radius 2 is 1.91 bits per heavy atom. The standard InChI is InChI=1S/C25H26N4O3/c1-16(14-21-4-3-13-32-21)26-25(31)19-8-11-22-23(15-19)29-24(28-22)12-7-18-5-9-20(10-6-18)27-17(2)30/h3-6,8-11,13,15-16H,7,12,14H2,1-2H3,(H,26,31)(H,27,30)(H,28,29)/t16-/m1/s1. The highest BCUT2D eigenvalue weighted by molar-refractivity contribution is 5.97. The third kappa shape index (κ3) is 5.43. The predicted octanol–water partition coefficient (Wildman–Crippen LogP) is 4.26. The van der Waals surface area contributed by atoms with E-state index in [4.69, 9.17) is 4.42 Å². The van der Waals surface area contributed by atoms with E-state index in [1.165, 1.54) is 6.92 Å². The van der Waals surface area contributed by atoms with Crippen molar-refractivity contribution in [2.45, 2.75) is 39.2 Å². The molecule has 0 bridgehead atoms. The van der Waals surface area contributed by atoms with Gasteiger partial charge in [0.2, 0.25) is 5.91 Å². The molecule has 0 aliphatic carbocycles. The molecule has 0 saturated heterocycles. The Balaban J connectivity index is 1.37. The molecule has 2 aromatic carbocycles. The maximum Gasteiger partial charge on any atom is 0.251 e. The smallest absolute Gasteiger partial charge is 0.251 e. The summed E-state index contributed by atoms with van der Waals surface area (Å²) in [6, 6.07) is 17.0. The van der Waals surface area contributed by atoms with Gasteiger partial charge in [-0.3, -0.25) is 9.59 Å². The number of amides is 2. The molecular weight excluding hydrogens is 404 g/mol. The Morgan fingerprint density at radius 1 is 1.09 bits per heavy atom. The molecule has 0 fully saturated rings. The van der Waals surface area contributed by atoms with Gasteiger partial charge >= 0.3 is 0 Å². The molecule has 0 unspecified atom stereocenters. The molecule has 1 atom stereocenters. The molecule has 0 saturated carbocycles. The van der Waals surface area contributed by atoms with Crippen molar-refractivity contribution in [2.24, 2.45) is 0 Å². The second kappa shape index (κ2) is 9.51. The van der Waals surface area contributed by atoms with Crippen LogP contribution < -0.4 is 10.6 Å². The van der Waals surface area contributed by atoms with Crippen LogP contribution in [0.1, 0.15) is 41.4 Å². The number of imidazole rings is 1. The first kappa shape index (κ1) is 21.4. The maximum atomic E-state index is 12.6. The van der Waals surface area contributed by atoms with Crippen molar-refractivity contribution in [1.29, 1.82) is 0 Å². The van der Waals surface area contributed by atoms with Crippen LogP contribution in [0.5, 0.6) is 0 Å². The molecule has 7 nitrogen and oxygen atoms in total. The first-order valence-corrected chi connectivity index (χ1v) is 10.6. The lowest BCUT2D eigenvalue weighted by Crippen LogP contribution is -2.33. The molecule has 4 aromatic rings. The fraction of sp³-hybridized carbons (Fsp3) is 0.240. The van der Waals surface area contributed by atoms with Crippen molar-refractivity contribution in [1.82, 2.24) is 15.3 Å². The largest absolute Gasteiger partial charge is 0.469 e. The number of nitrogens with one attached hydrogen (secondary N) is 3. The molecule has 0 aliphatic heterocycles. The zero-order valence-corrected chi connectivity index (χ0v) is 18.1. The van der Waals surface area contributed by atoms with Crippen molar-refractivity contribution in [3.8, 4) is 0 Å². The van der Waals surface area contributed by atoms with Gasteiger partial charge in [-0.2, -0.15) is 0 Å². The molecule has 32 heavy (non-hydrogen) atoms. The van der Waals surface area contributed by atoms with E-state index in [1.807, 2.05) is 55.5 Å². The molecule has 2 amide bonds. The monoisotopic (exact) mass is 430 g/mol. The first-order valence-electron chi connectivity index (χ1n) is 10.6. The minimum atomic E-state index is -0.124. The quantitative estimate of drug-likeness (QED) is 0.389. The normalized spacial score (nSPS) is 11.9. The number of aryl methyl sites for hydroxylation is 2. The summed E-state index contributed by atoms with van der Waals surface area (Å²) in [5.41, 5.74) is 4.21. The van der Waals surface area contributed by atoms with Crippen LogP contribution in [0, 0.1) is 0 Å². The van der Waals surface area contributed by atoms with Gasteiger partial charge in [-0.15, -0.1) is 0 Å². The fourth-order valence-electron chi connectivity index (χ4n) is 3.63. The number of nitrogens with zero attached hydrogens (tertiary/aromatic N) is 1. The molecule has 2 heterocycles. The maximum absolute atomic E-state index is 12.6. The zero-order valence-electron chi connectivity index (χ0n) is 18.1. The molecule has 7 heteroatoms. The number of hydrogen-bond acceptors (Lipinski definition) is 4. The summed E-state index contributed by atoms with van der Waals surface area (Å²) in [6.45, 7) is 3.45. The van der Waals surface area contributed by atoms with Gasteiger partial charge in [0.1, 0.15) is 11.6 Å². The van der Waals surface area contributed by atoms with Crippen LogP contribution >= 0.6 is 0 Å². The summed E-state index contributed by atoms with van der Waals surface area (Å²) < 4.78 is 5.35. The summed E-state index contributed by atoms with van der Waals surface area (Å²) in [5, 5.41) is 5.77. The van der Waals surface area contributed by atoms with Gasteiger partial charge in [0.05, 0.1) is 17.3 Å². The topological polar surface area (TPSA) is 100 Å². The fourth-order valence-corrected chi connectivity index (χ4v) is 3.63. The Morgan fingerprint density at radius 3 is 2.62 bits per heavy atom. The Kier molecular flexibility index (Phi) is 6.35. The molecule has 0 spiro atoms. The number of rotatable bonds is 8. The van der Waals surface area contributed by atoms with Crippen molar-refractivity contribution in [3.05, 3.63) is 83.6 Å². The third-order valence-corrected chi connectivity index (χ3v) is 5.18. The zero-order chi connectivity index (χ0) is 22.5. The van der Waals surface area contributed by atoms with Crippen LogP contribution in [0.25, 0.3) is 11.0 Å². The number of H-pyrrole nitrogens is 1. The van der Waals surface area contributed by atoms with Gasteiger partial charge < -0.3 is 20.0 Å². The lowest BCUT2D eigenvalue weighted by atomic mass is 10.1. The number of carbonyl (C=O) groups excluding carboxylic acids is 2. The number of fused-ring (bicyclic) bond motifs is 1. The molecule has 2 aromatic heterocycles. The van der Waals surface area contributed by atoms with E-state index in [2.05, 4.69) is 20.6 Å².